The summed E-state index contributed by atoms with van der Waals surface area (Å²) >= 11 is 0. The monoisotopic (exact) mass is 317 g/mol. The number of aliphatic hydroxyl groups is 1. The molecule has 3 aromatic rings. The molecule has 1 atom stereocenters. The fourth-order valence-corrected chi connectivity index (χ4v) is 2.43. The summed E-state index contributed by atoms with van der Waals surface area (Å²) < 4.78 is 37.6. The van der Waals surface area contributed by atoms with Gasteiger partial charge in [0.15, 0.2) is 0 Å². The van der Waals surface area contributed by atoms with Crippen LogP contribution in [0.3, 0.4) is 0 Å². The number of hydrogen-bond donors (Lipinski definition) is 1. The van der Waals surface area contributed by atoms with E-state index in [1.54, 1.807) is 0 Å². The zero-order valence-corrected chi connectivity index (χ0v) is 12.1. The number of nitrogens with zero attached hydrogens (tertiary/aromatic N) is 1. The number of hydrogen-bond acceptors (Lipinski definition) is 2. The largest absolute Gasteiger partial charge is 0.416 e. The van der Waals surface area contributed by atoms with Gasteiger partial charge in [0.1, 0.15) is 0 Å². The van der Waals surface area contributed by atoms with Gasteiger partial charge in [0, 0.05) is 17.5 Å². The van der Waals surface area contributed by atoms with Crippen molar-refractivity contribution in [3.8, 4) is 0 Å². The summed E-state index contributed by atoms with van der Waals surface area (Å²) in [5.41, 5.74) is 1.23. The average Bonchev–Trinajstić information content (AvgIpc) is 2.54. The van der Waals surface area contributed by atoms with Gasteiger partial charge in [-0.3, -0.25) is 4.98 Å². The molecule has 0 bridgehead atoms. The molecule has 0 saturated carbocycles. The van der Waals surface area contributed by atoms with E-state index in [-0.39, 0.29) is 6.42 Å². The Balaban J connectivity index is 1.78. The smallest absolute Gasteiger partial charge is 0.388 e. The summed E-state index contributed by atoms with van der Waals surface area (Å²) in [5, 5.41) is 11.2. The molecule has 0 amide bonds. The summed E-state index contributed by atoms with van der Waals surface area (Å²) in [6, 6.07) is 15.9. The molecule has 0 aliphatic rings. The minimum absolute atomic E-state index is 0.246. The first-order valence-electron chi connectivity index (χ1n) is 7.13. The van der Waals surface area contributed by atoms with Gasteiger partial charge in [-0.1, -0.05) is 36.4 Å². The fourth-order valence-electron chi connectivity index (χ4n) is 2.43. The maximum Gasteiger partial charge on any atom is 0.416 e. The maximum atomic E-state index is 12.5. The third-order valence-corrected chi connectivity index (χ3v) is 3.68. The Labute approximate surface area is 131 Å². The van der Waals surface area contributed by atoms with E-state index < -0.39 is 17.8 Å². The van der Waals surface area contributed by atoms with Crippen molar-refractivity contribution < 1.29 is 18.3 Å². The van der Waals surface area contributed by atoms with Gasteiger partial charge in [0.2, 0.25) is 0 Å². The van der Waals surface area contributed by atoms with E-state index >= 15 is 0 Å². The highest BCUT2D eigenvalue weighted by Crippen LogP contribution is 2.30. The third-order valence-electron chi connectivity index (χ3n) is 3.68. The van der Waals surface area contributed by atoms with Crippen molar-refractivity contribution in [2.75, 3.05) is 0 Å². The molecule has 0 spiro atoms. The van der Waals surface area contributed by atoms with E-state index in [9.17, 15) is 18.3 Å². The molecule has 0 saturated heterocycles. The molecule has 0 fully saturated rings. The number of aliphatic hydroxyl groups excluding tert-OH is 1. The number of pyridine rings is 1. The van der Waals surface area contributed by atoms with E-state index in [1.807, 2.05) is 36.4 Å². The summed E-state index contributed by atoms with van der Waals surface area (Å²) in [6.07, 6.45) is -5.02. The second kappa shape index (κ2) is 6.01. The standard InChI is InChI=1S/C18H14F3NO/c19-18(20,21)14-8-5-13(6-9-14)17(23)11-15-10-7-12-3-1-2-4-16(12)22-15/h1-10,17,23H,11H2/t17-/m0/s1. The fraction of sp³-hybridized carbons (Fsp3) is 0.167. The lowest BCUT2D eigenvalue weighted by molar-refractivity contribution is -0.137. The molecule has 2 aromatic carbocycles. The second-order valence-electron chi connectivity index (χ2n) is 5.33. The Bertz CT molecular complexity index is 812. The summed E-state index contributed by atoms with van der Waals surface area (Å²) in [5.74, 6) is 0. The predicted molar refractivity (Wildman–Crippen MR) is 81.9 cm³/mol. The Morgan fingerprint density at radius 1 is 0.913 bits per heavy atom. The van der Waals surface area contributed by atoms with E-state index in [2.05, 4.69) is 4.98 Å². The quantitative estimate of drug-likeness (QED) is 0.770. The van der Waals surface area contributed by atoms with Crippen LogP contribution in [-0.2, 0) is 12.6 Å². The summed E-state index contributed by atoms with van der Waals surface area (Å²) in [6.45, 7) is 0. The summed E-state index contributed by atoms with van der Waals surface area (Å²) in [7, 11) is 0. The molecule has 0 aliphatic carbocycles. The van der Waals surface area contributed by atoms with Crippen molar-refractivity contribution in [2.24, 2.45) is 0 Å². The van der Waals surface area contributed by atoms with Crippen molar-refractivity contribution in [1.29, 1.82) is 0 Å². The number of alkyl halides is 3. The van der Waals surface area contributed by atoms with Crippen LogP contribution in [0.25, 0.3) is 10.9 Å². The van der Waals surface area contributed by atoms with Gasteiger partial charge in [-0.05, 0) is 29.8 Å². The first-order valence-corrected chi connectivity index (χ1v) is 7.13. The van der Waals surface area contributed by atoms with E-state index in [1.165, 1.54) is 12.1 Å². The summed E-state index contributed by atoms with van der Waals surface area (Å²) in [4.78, 5) is 4.46. The number of rotatable bonds is 3. The molecule has 3 rings (SSSR count). The molecule has 2 nitrogen and oxygen atoms in total. The van der Waals surface area contributed by atoms with E-state index in [0.717, 1.165) is 23.0 Å². The van der Waals surface area contributed by atoms with E-state index in [4.69, 9.17) is 0 Å². The van der Waals surface area contributed by atoms with Crippen LogP contribution in [0.5, 0.6) is 0 Å². The lowest BCUT2D eigenvalue weighted by Gasteiger charge is -2.13. The first-order chi connectivity index (χ1) is 10.9. The van der Waals surface area contributed by atoms with Crippen LogP contribution in [0, 0.1) is 0 Å². The van der Waals surface area contributed by atoms with Crippen LogP contribution < -0.4 is 0 Å². The van der Waals surface area contributed by atoms with Gasteiger partial charge in [-0.25, -0.2) is 0 Å². The second-order valence-corrected chi connectivity index (χ2v) is 5.33. The number of aromatic nitrogens is 1. The minimum Gasteiger partial charge on any atom is -0.388 e. The van der Waals surface area contributed by atoms with Crippen LogP contribution in [0.2, 0.25) is 0 Å². The highest BCUT2D eigenvalue weighted by molar-refractivity contribution is 5.78. The number of fused-ring (bicyclic) bond motifs is 1. The third kappa shape index (κ3) is 3.51. The minimum atomic E-state index is -4.37. The Kier molecular flexibility index (Phi) is 4.05. The molecule has 1 N–H and O–H groups in total. The molecular formula is C18H14F3NO. The Hall–Kier alpha value is -2.40. The lowest BCUT2D eigenvalue weighted by Crippen LogP contribution is -2.07. The van der Waals surface area contributed by atoms with Crippen LogP contribution in [0.4, 0.5) is 13.2 Å². The number of benzene rings is 2. The highest BCUT2D eigenvalue weighted by Gasteiger charge is 2.30. The lowest BCUT2D eigenvalue weighted by atomic mass is 10.0. The van der Waals surface area contributed by atoms with Gasteiger partial charge >= 0.3 is 6.18 Å². The van der Waals surface area contributed by atoms with Gasteiger partial charge in [0.25, 0.3) is 0 Å². The SMILES string of the molecule is O[C@@H](Cc1ccc2ccccc2n1)c1ccc(C(F)(F)F)cc1. The van der Waals surface area contributed by atoms with Crippen molar-refractivity contribution in [3.63, 3.8) is 0 Å². The van der Waals surface area contributed by atoms with Gasteiger partial charge in [-0.15, -0.1) is 0 Å². The number of halogens is 3. The van der Waals surface area contributed by atoms with Gasteiger partial charge in [0.05, 0.1) is 17.2 Å². The van der Waals surface area contributed by atoms with Crippen molar-refractivity contribution >= 4 is 10.9 Å². The van der Waals surface area contributed by atoms with Crippen LogP contribution in [-0.4, -0.2) is 10.1 Å². The van der Waals surface area contributed by atoms with Crippen LogP contribution in [0.15, 0.2) is 60.7 Å². The zero-order valence-electron chi connectivity index (χ0n) is 12.1. The normalized spacial score (nSPS) is 13.2. The molecule has 1 aromatic heterocycles. The predicted octanol–water partition coefficient (Wildman–Crippen LogP) is 4.53. The van der Waals surface area contributed by atoms with Crippen LogP contribution >= 0.6 is 0 Å². The molecule has 0 aliphatic heterocycles. The van der Waals surface area contributed by atoms with E-state index in [0.29, 0.717) is 11.3 Å². The van der Waals surface area contributed by atoms with Crippen LogP contribution in [0.1, 0.15) is 22.9 Å². The number of para-hydroxylation sites is 1. The molecular weight excluding hydrogens is 303 g/mol. The molecule has 118 valence electrons. The topological polar surface area (TPSA) is 33.1 Å². The zero-order chi connectivity index (χ0) is 16.4. The molecule has 1 heterocycles. The molecule has 0 radical (unpaired) electrons. The van der Waals surface area contributed by atoms with Gasteiger partial charge < -0.3 is 5.11 Å². The van der Waals surface area contributed by atoms with Gasteiger partial charge in [-0.2, -0.15) is 13.2 Å². The Morgan fingerprint density at radius 2 is 1.61 bits per heavy atom. The molecule has 0 unspecified atom stereocenters. The average molecular weight is 317 g/mol. The highest BCUT2D eigenvalue weighted by atomic mass is 19.4. The Morgan fingerprint density at radius 3 is 2.30 bits per heavy atom. The maximum absolute atomic E-state index is 12.5. The van der Waals surface area contributed by atoms with Crippen molar-refractivity contribution in [2.45, 2.75) is 18.7 Å². The van der Waals surface area contributed by atoms with Crippen molar-refractivity contribution in [1.82, 2.24) is 4.98 Å². The van der Waals surface area contributed by atoms with Crippen molar-refractivity contribution in [3.05, 3.63) is 77.5 Å². The first kappa shape index (κ1) is 15.5. The molecule has 5 heteroatoms. The molecule has 23 heavy (non-hydrogen) atoms.